The van der Waals surface area contributed by atoms with Gasteiger partial charge in [0.25, 0.3) is 0 Å². The molecule has 7 nitrogen and oxygen atoms in total. The number of carbonyl (C=O) groups excluding carboxylic acids is 2. The van der Waals surface area contributed by atoms with Gasteiger partial charge in [-0.2, -0.15) is 9.98 Å². The summed E-state index contributed by atoms with van der Waals surface area (Å²) in [5.74, 6) is 0.00591. The molecule has 0 aliphatic carbocycles. The zero-order chi connectivity index (χ0) is 20.0. The minimum Gasteiger partial charge on any atom is -0.444 e. The number of hydrogen-bond acceptors (Lipinski definition) is 6. The summed E-state index contributed by atoms with van der Waals surface area (Å²) in [5.41, 5.74) is -0.350. The standard InChI is InChI=1S/C18H23N3O4S/c1-17(2,3)24-15(22)20-14(21-16(23)25-18(4,5)6)12-7-9-13(10-8-12)19-11-26/h7-10H,1-6H3,(H,20,21,22,23). The van der Waals surface area contributed by atoms with E-state index in [0.29, 0.717) is 11.3 Å². The largest absolute Gasteiger partial charge is 0.444 e. The Morgan fingerprint density at radius 3 is 2.00 bits per heavy atom. The number of hydrogen-bond donors (Lipinski definition) is 1. The van der Waals surface area contributed by atoms with Gasteiger partial charge in [-0.15, -0.1) is 0 Å². The van der Waals surface area contributed by atoms with E-state index in [2.05, 4.69) is 32.7 Å². The molecular weight excluding hydrogens is 354 g/mol. The monoisotopic (exact) mass is 377 g/mol. The number of carbonyl (C=O) groups is 2. The van der Waals surface area contributed by atoms with Gasteiger partial charge in [-0.1, -0.05) is 0 Å². The number of benzene rings is 1. The summed E-state index contributed by atoms with van der Waals surface area (Å²) in [7, 11) is 0. The van der Waals surface area contributed by atoms with E-state index in [4.69, 9.17) is 9.47 Å². The van der Waals surface area contributed by atoms with E-state index in [1.165, 1.54) is 0 Å². The molecule has 0 bridgehead atoms. The first-order valence-electron chi connectivity index (χ1n) is 7.89. The minimum atomic E-state index is -0.829. The number of ether oxygens (including phenoxy) is 2. The van der Waals surface area contributed by atoms with Crippen molar-refractivity contribution in [3.05, 3.63) is 29.8 Å². The Kier molecular flexibility index (Phi) is 7.18. The van der Waals surface area contributed by atoms with Crippen LogP contribution in [0.1, 0.15) is 47.1 Å². The molecule has 0 fully saturated rings. The molecule has 1 N–H and O–H groups in total. The molecule has 0 aliphatic rings. The molecule has 0 heterocycles. The third-order valence-electron chi connectivity index (χ3n) is 2.53. The van der Waals surface area contributed by atoms with Crippen molar-refractivity contribution < 1.29 is 19.1 Å². The molecule has 1 aromatic rings. The van der Waals surface area contributed by atoms with Gasteiger partial charge in [0.1, 0.15) is 17.0 Å². The maximum absolute atomic E-state index is 12.1. The Bertz CT molecular complexity index is 737. The van der Waals surface area contributed by atoms with Crippen molar-refractivity contribution in [1.29, 1.82) is 0 Å². The summed E-state index contributed by atoms with van der Waals surface area (Å²) in [4.78, 5) is 31.8. The van der Waals surface area contributed by atoms with Crippen LogP contribution in [0, 0.1) is 0 Å². The van der Waals surface area contributed by atoms with Crippen LogP contribution in [0.15, 0.2) is 34.3 Å². The highest BCUT2D eigenvalue weighted by molar-refractivity contribution is 7.78. The van der Waals surface area contributed by atoms with Gasteiger partial charge in [0.15, 0.2) is 0 Å². The van der Waals surface area contributed by atoms with Crippen molar-refractivity contribution in [2.75, 3.05) is 0 Å². The number of nitrogens with one attached hydrogen (secondary N) is 1. The van der Waals surface area contributed by atoms with Crippen LogP contribution in [0.25, 0.3) is 0 Å². The molecule has 1 aromatic carbocycles. The first-order chi connectivity index (χ1) is 11.9. The van der Waals surface area contributed by atoms with E-state index < -0.39 is 23.4 Å². The second-order valence-corrected chi connectivity index (χ2v) is 7.50. The van der Waals surface area contributed by atoms with E-state index in [1.807, 2.05) is 0 Å². The molecule has 0 saturated carbocycles. The average molecular weight is 377 g/mol. The molecule has 140 valence electrons. The first kappa shape index (κ1) is 21.5. The summed E-state index contributed by atoms with van der Waals surface area (Å²) in [6, 6.07) is 6.56. The Hall–Kier alpha value is -2.57. The van der Waals surface area contributed by atoms with Crippen molar-refractivity contribution in [2.24, 2.45) is 9.98 Å². The predicted molar refractivity (Wildman–Crippen MR) is 103 cm³/mol. The van der Waals surface area contributed by atoms with Crippen molar-refractivity contribution >= 4 is 41.1 Å². The van der Waals surface area contributed by atoms with E-state index in [-0.39, 0.29) is 5.84 Å². The highest BCUT2D eigenvalue weighted by Gasteiger charge is 2.21. The van der Waals surface area contributed by atoms with Crippen LogP contribution in [0.3, 0.4) is 0 Å². The second-order valence-electron chi connectivity index (χ2n) is 7.32. The van der Waals surface area contributed by atoms with E-state index in [1.54, 1.807) is 65.8 Å². The zero-order valence-electron chi connectivity index (χ0n) is 15.7. The zero-order valence-corrected chi connectivity index (χ0v) is 16.6. The lowest BCUT2D eigenvalue weighted by Gasteiger charge is -2.21. The van der Waals surface area contributed by atoms with Crippen molar-refractivity contribution in [3.63, 3.8) is 0 Å². The molecule has 0 saturated heterocycles. The van der Waals surface area contributed by atoms with Gasteiger partial charge in [0.2, 0.25) is 0 Å². The highest BCUT2D eigenvalue weighted by Crippen LogP contribution is 2.14. The summed E-state index contributed by atoms with van der Waals surface area (Å²) in [6.07, 6.45) is -1.56. The number of amidine groups is 1. The van der Waals surface area contributed by atoms with Crippen LogP contribution in [0.5, 0.6) is 0 Å². The number of rotatable bonds is 2. The quantitative estimate of drug-likeness (QED) is 0.461. The van der Waals surface area contributed by atoms with Crippen LogP contribution < -0.4 is 5.32 Å². The maximum atomic E-state index is 12.1. The Balaban J connectivity index is 3.13. The molecule has 0 spiro atoms. The number of alkyl carbamates (subject to hydrolysis) is 1. The van der Waals surface area contributed by atoms with Gasteiger partial charge in [0, 0.05) is 5.56 Å². The van der Waals surface area contributed by atoms with Crippen LogP contribution in [-0.2, 0) is 9.47 Å². The molecule has 0 radical (unpaired) electrons. The molecule has 0 atom stereocenters. The van der Waals surface area contributed by atoms with Gasteiger partial charge < -0.3 is 9.47 Å². The van der Waals surface area contributed by atoms with Crippen molar-refractivity contribution in [2.45, 2.75) is 52.7 Å². The normalized spacial score (nSPS) is 12.0. The smallest absolute Gasteiger partial charge is 0.436 e. The molecule has 0 aromatic heterocycles. The Morgan fingerprint density at radius 2 is 1.54 bits per heavy atom. The lowest BCUT2D eigenvalue weighted by atomic mass is 10.2. The van der Waals surface area contributed by atoms with Gasteiger partial charge in [-0.25, -0.2) is 9.59 Å². The lowest BCUT2D eigenvalue weighted by molar-refractivity contribution is 0.0563. The number of isothiocyanates is 1. The SMILES string of the molecule is CC(C)(C)OC(=O)N=C(NC(=O)OC(C)(C)C)c1ccc(N=C=S)cc1. The fourth-order valence-corrected chi connectivity index (χ4v) is 1.79. The summed E-state index contributed by atoms with van der Waals surface area (Å²) < 4.78 is 10.4. The van der Waals surface area contributed by atoms with Crippen molar-refractivity contribution in [1.82, 2.24) is 5.32 Å². The first-order valence-corrected chi connectivity index (χ1v) is 8.30. The van der Waals surface area contributed by atoms with Crippen LogP contribution >= 0.6 is 12.2 Å². The molecular formula is C18H23N3O4S. The number of thiocarbonyl (C=S) groups is 1. The van der Waals surface area contributed by atoms with Crippen LogP contribution in [0.2, 0.25) is 0 Å². The molecule has 0 aliphatic heterocycles. The van der Waals surface area contributed by atoms with Crippen LogP contribution in [0.4, 0.5) is 15.3 Å². The van der Waals surface area contributed by atoms with E-state index in [9.17, 15) is 9.59 Å². The lowest BCUT2D eigenvalue weighted by Crippen LogP contribution is -2.37. The maximum Gasteiger partial charge on any atom is 0.436 e. The summed E-state index contributed by atoms with van der Waals surface area (Å²) >= 11 is 4.56. The topological polar surface area (TPSA) is 89.3 Å². The number of amides is 2. The molecule has 2 amide bonds. The second kappa shape index (κ2) is 8.69. The minimum absolute atomic E-state index is 0.00591. The highest BCUT2D eigenvalue weighted by atomic mass is 32.1. The summed E-state index contributed by atoms with van der Waals surface area (Å²) in [5, 5.41) is 4.74. The third-order valence-corrected chi connectivity index (χ3v) is 2.62. The Labute approximate surface area is 158 Å². The third kappa shape index (κ3) is 8.50. The van der Waals surface area contributed by atoms with Gasteiger partial charge in [-0.3, -0.25) is 5.32 Å². The molecule has 0 unspecified atom stereocenters. The Morgan fingerprint density at radius 1 is 1.00 bits per heavy atom. The van der Waals surface area contributed by atoms with Gasteiger partial charge in [0.05, 0.1) is 10.8 Å². The molecule has 8 heteroatoms. The van der Waals surface area contributed by atoms with Crippen molar-refractivity contribution in [3.8, 4) is 0 Å². The predicted octanol–water partition coefficient (Wildman–Crippen LogP) is 4.63. The number of aliphatic imine (C=N–C) groups is 2. The molecule has 26 heavy (non-hydrogen) atoms. The van der Waals surface area contributed by atoms with E-state index in [0.717, 1.165) is 0 Å². The summed E-state index contributed by atoms with van der Waals surface area (Å²) in [6.45, 7) is 10.4. The number of nitrogens with zero attached hydrogens (tertiary/aromatic N) is 2. The fourth-order valence-electron chi connectivity index (χ4n) is 1.69. The van der Waals surface area contributed by atoms with Gasteiger partial charge in [-0.05, 0) is 78.0 Å². The average Bonchev–Trinajstić information content (AvgIpc) is 2.43. The van der Waals surface area contributed by atoms with Gasteiger partial charge >= 0.3 is 12.2 Å². The fraction of sp³-hybridized carbons (Fsp3) is 0.444. The van der Waals surface area contributed by atoms with Crippen LogP contribution in [-0.4, -0.2) is 34.4 Å². The molecule has 1 rings (SSSR count). The van der Waals surface area contributed by atoms with E-state index >= 15 is 0 Å².